The summed E-state index contributed by atoms with van der Waals surface area (Å²) in [5.74, 6) is -0.508. The summed E-state index contributed by atoms with van der Waals surface area (Å²) in [4.78, 5) is 13.8. The third-order valence-electron chi connectivity index (χ3n) is 3.52. The van der Waals surface area contributed by atoms with Crippen LogP contribution in [0, 0.1) is 5.82 Å². The van der Waals surface area contributed by atoms with Gasteiger partial charge in [-0.25, -0.2) is 4.39 Å². The van der Waals surface area contributed by atoms with Crippen LogP contribution in [-0.2, 0) is 4.79 Å². The van der Waals surface area contributed by atoms with Gasteiger partial charge in [0.1, 0.15) is 11.1 Å². The smallest absolute Gasteiger partial charge is 0.242 e. The fraction of sp³-hybridized carbons (Fsp3) is 0.0500. The molecule has 0 aliphatic rings. The van der Waals surface area contributed by atoms with Crippen molar-refractivity contribution < 1.29 is 9.18 Å². The zero-order valence-corrected chi connectivity index (χ0v) is 14.7. The Bertz CT molecular complexity index is 838. The molecule has 0 radical (unpaired) electrons. The number of amides is 1. The maximum absolute atomic E-state index is 13.0. The maximum Gasteiger partial charge on any atom is 0.242 e. The van der Waals surface area contributed by atoms with Crippen LogP contribution in [0.2, 0.25) is 5.02 Å². The standard InChI is InChI=1S/C20H15ClFNOS/c21-15-6-12-18(13-7-15)25-19(14-4-2-1-3-5-14)20(24)23-17-10-8-16(22)9-11-17/h1-13,19H,(H,23,24)/t19-/m1/s1. The minimum atomic E-state index is -0.438. The predicted octanol–water partition coefficient (Wildman–Crippen LogP) is 5.95. The van der Waals surface area contributed by atoms with E-state index in [1.165, 1.54) is 23.9 Å². The largest absolute Gasteiger partial charge is 0.325 e. The van der Waals surface area contributed by atoms with Crippen molar-refractivity contribution in [3.05, 3.63) is 95.3 Å². The van der Waals surface area contributed by atoms with E-state index in [-0.39, 0.29) is 11.7 Å². The Morgan fingerprint density at radius 2 is 1.56 bits per heavy atom. The molecule has 0 fully saturated rings. The highest BCUT2D eigenvalue weighted by atomic mass is 35.5. The minimum Gasteiger partial charge on any atom is -0.325 e. The average Bonchev–Trinajstić information content (AvgIpc) is 2.64. The van der Waals surface area contributed by atoms with Crippen LogP contribution in [0.25, 0.3) is 0 Å². The molecule has 0 unspecified atom stereocenters. The topological polar surface area (TPSA) is 29.1 Å². The van der Waals surface area contributed by atoms with Gasteiger partial charge < -0.3 is 5.32 Å². The van der Waals surface area contributed by atoms with Crippen molar-refractivity contribution in [2.45, 2.75) is 10.1 Å². The molecular formula is C20H15ClFNOS. The fourth-order valence-corrected chi connectivity index (χ4v) is 3.44. The third kappa shape index (κ3) is 4.84. The summed E-state index contributed by atoms with van der Waals surface area (Å²) >= 11 is 7.36. The molecular weight excluding hydrogens is 357 g/mol. The van der Waals surface area contributed by atoms with Crippen molar-refractivity contribution >= 4 is 35.0 Å². The van der Waals surface area contributed by atoms with Crippen molar-refractivity contribution in [2.24, 2.45) is 0 Å². The van der Waals surface area contributed by atoms with Crippen LogP contribution in [-0.4, -0.2) is 5.91 Å². The van der Waals surface area contributed by atoms with E-state index in [1.807, 2.05) is 42.5 Å². The fourth-order valence-electron chi connectivity index (χ4n) is 2.29. The molecule has 0 aliphatic heterocycles. The molecule has 0 spiro atoms. The summed E-state index contributed by atoms with van der Waals surface area (Å²) in [6, 6.07) is 22.6. The summed E-state index contributed by atoms with van der Waals surface area (Å²) in [5.41, 5.74) is 1.45. The highest BCUT2D eigenvalue weighted by molar-refractivity contribution is 8.00. The second-order valence-electron chi connectivity index (χ2n) is 5.36. The molecule has 1 amide bonds. The number of thioether (sulfide) groups is 1. The van der Waals surface area contributed by atoms with E-state index in [9.17, 15) is 9.18 Å². The van der Waals surface area contributed by atoms with E-state index >= 15 is 0 Å². The summed E-state index contributed by atoms with van der Waals surface area (Å²) in [6.45, 7) is 0. The molecule has 0 saturated heterocycles. The van der Waals surface area contributed by atoms with Crippen molar-refractivity contribution in [3.8, 4) is 0 Å². The predicted molar refractivity (Wildman–Crippen MR) is 102 cm³/mol. The Kier molecular flexibility index (Phi) is 5.74. The number of benzene rings is 3. The van der Waals surface area contributed by atoms with Gasteiger partial charge in [-0.3, -0.25) is 4.79 Å². The Morgan fingerprint density at radius 1 is 0.920 bits per heavy atom. The lowest BCUT2D eigenvalue weighted by Crippen LogP contribution is -2.19. The van der Waals surface area contributed by atoms with Gasteiger partial charge in [0.15, 0.2) is 0 Å². The lowest BCUT2D eigenvalue weighted by molar-refractivity contribution is -0.115. The molecule has 2 nitrogen and oxygen atoms in total. The summed E-state index contributed by atoms with van der Waals surface area (Å²) < 4.78 is 13.0. The number of nitrogens with one attached hydrogen (secondary N) is 1. The molecule has 1 atom stereocenters. The molecule has 3 aromatic rings. The minimum absolute atomic E-state index is 0.169. The van der Waals surface area contributed by atoms with E-state index in [0.29, 0.717) is 10.7 Å². The van der Waals surface area contributed by atoms with E-state index in [4.69, 9.17) is 11.6 Å². The van der Waals surface area contributed by atoms with Gasteiger partial charge in [0.25, 0.3) is 0 Å². The molecule has 0 bridgehead atoms. The van der Waals surface area contributed by atoms with E-state index in [1.54, 1.807) is 24.3 Å². The van der Waals surface area contributed by atoms with Gasteiger partial charge in [-0.05, 0) is 54.1 Å². The van der Waals surface area contributed by atoms with Crippen molar-refractivity contribution in [3.63, 3.8) is 0 Å². The van der Waals surface area contributed by atoms with Crippen molar-refractivity contribution in [2.75, 3.05) is 5.32 Å². The zero-order chi connectivity index (χ0) is 17.6. The van der Waals surface area contributed by atoms with Gasteiger partial charge in [0, 0.05) is 15.6 Å². The van der Waals surface area contributed by atoms with Gasteiger partial charge in [-0.2, -0.15) is 0 Å². The van der Waals surface area contributed by atoms with Crippen LogP contribution in [0.3, 0.4) is 0 Å². The lowest BCUT2D eigenvalue weighted by atomic mass is 10.1. The molecule has 0 aromatic heterocycles. The molecule has 0 aliphatic carbocycles. The van der Waals surface area contributed by atoms with E-state index in [2.05, 4.69) is 5.32 Å². The van der Waals surface area contributed by atoms with Gasteiger partial charge in [-0.1, -0.05) is 41.9 Å². The number of carbonyl (C=O) groups is 1. The second kappa shape index (κ2) is 8.19. The highest BCUT2D eigenvalue weighted by Gasteiger charge is 2.22. The number of hydrogen-bond donors (Lipinski definition) is 1. The van der Waals surface area contributed by atoms with Gasteiger partial charge >= 0.3 is 0 Å². The first-order valence-electron chi connectivity index (χ1n) is 7.65. The zero-order valence-electron chi connectivity index (χ0n) is 13.2. The Morgan fingerprint density at radius 3 is 2.20 bits per heavy atom. The third-order valence-corrected chi connectivity index (χ3v) is 5.04. The summed E-state index contributed by atoms with van der Waals surface area (Å²) in [7, 11) is 0. The monoisotopic (exact) mass is 371 g/mol. The van der Waals surface area contributed by atoms with Crippen LogP contribution >= 0.6 is 23.4 Å². The molecule has 0 saturated carbocycles. The van der Waals surface area contributed by atoms with E-state index < -0.39 is 5.25 Å². The normalized spacial score (nSPS) is 11.8. The molecule has 0 heterocycles. The molecule has 1 N–H and O–H groups in total. The van der Waals surface area contributed by atoms with Gasteiger partial charge in [0.2, 0.25) is 5.91 Å². The molecule has 3 aromatic carbocycles. The quantitative estimate of drug-likeness (QED) is 0.561. The molecule has 5 heteroatoms. The van der Waals surface area contributed by atoms with Crippen LogP contribution in [0.1, 0.15) is 10.8 Å². The van der Waals surface area contributed by atoms with Crippen LogP contribution in [0.15, 0.2) is 83.8 Å². The number of hydrogen-bond acceptors (Lipinski definition) is 2. The first-order valence-corrected chi connectivity index (χ1v) is 8.91. The van der Waals surface area contributed by atoms with Crippen LogP contribution in [0.5, 0.6) is 0 Å². The SMILES string of the molecule is O=C(Nc1ccc(F)cc1)[C@H](Sc1ccc(Cl)cc1)c1ccccc1. The molecule has 25 heavy (non-hydrogen) atoms. The van der Waals surface area contributed by atoms with Crippen molar-refractivity contribution in [1.29, 1.82) is 0 Å². The number of rotatable bonds is 5. The van der Waals surface area contributed by atoms with E-state index in [0.717, 1.165) is 10.5 Å². The Hall–Kier alpha value is -2.30. The number of halogens is 2. The highest BCUT2D eigenvalue weighted by Crippen LogP contribution is 2.36. The van der Waals surface area contributed by atoms with Crippen LogP contribution in [0.4, 0.5) is 10.1 Å². The average molecular weight is 372 g/mol. The van der Waals surface area contributed by atoms with Gasteiger partial charge in [-0.15, -0.1) is 11.8 Å². The molecule has 3 rings (SSSR count). The lowest BCUT2D eigenvalue weighted by Gasteiger charge is -2.17. The van der Waals surface area contributed by atoms with Crippen LogP contribution < -0.4 is 5.32 Å². The van der Waals surface area contributed by atoms with Crippen molar-refractivity contribution in [1.82, 2.24) is 0 Å². The summed E-state index contributed by atoms with van der Waals surface area (Å²) in [6.07, 6.45) is 0. The first kappa shape index (κ1) is 17.5. The molecule has 126 valence electrons. The Balaban J connectivity index is 1.83. The summed E-state index contributed by atoms with van der Waals surface area (Å²) in [5, 5.41) is 3.06. The number of carbonyl (C=O) groups excluding carboxylic acids is 1. The second-order valence-corrected chi connectivity index (χ2v) is 6.97. The maximum atomic E-state index is 13.0. The first-order chi connectivity index (χ1) is 12.1. The Labute approximate surface area is 155 Å². The number of anilines is 1. The van der Waals surface area contributed by atoms with Gasteiger partial charge in [0.05, 0.1) is 0 Å².